The third-order valence-electron chi connectivity index (χ3n) is 1.83. The molecule has 0 aliphatic heterocycles. The molecule has 0 spiro atoms. The summed E-state index contributed by atoms with van der Waals surface area (Å²) in [6, 6.07) is 8.12. The second-order valence-corrected chi connectivity index (χ2v) is 4.32. The lowest BCUT2D eigenvalue weighted by atomic mass is 10.1. The van der Waals surface area contributed by atoms with E-state index in [1.807, 2.05) is 6.07 Å². The molecule has 0 bridgehead atoms. The molecule has 5 heteroatoms. The highest BCUT2D eigenvalue weighted by Gasteiger charge is 2.14. The molecule has 2 aromatic rings. The number of thiazole rings is 1. The van der Waals surface area contributed by atoms with Crippen molar-refractivity contribution < 1.29 is 4.39 Å². The second-order valence-electron chi connectivity index (χ2n) is 2.74. The van der Waals surface area contributed by atoms with Gasteiger partial charge in [-0.3, -0.25) is 0 Å². The Labute approximate surface area is 94.6 Å². The summed E-state index contributed by atoms with van der Waals surface area (Å²) in [7, 11) is 0. The van der Waals surface area contributed by atoms with Crippen LogP contribution >= 0.6 is 22.9 Å². The number of hydrogen-bond acceptors (Lipinski definition) is 3. The summed E-state index contributed by atoms with van der Waals surface area (Å²) in [6.45, 7) is 0. The van der Waals surface area contributed by atoms with E-state index in [0.29, 0.717) is 10.4 Å². The van der Waals surface area contributed by atoms with Crippen molar-refractivity contribution >= 4 is 22.9 Å². The largest absolute Gasteiger partial charge is 0.213 e. The van der Waals surface area contributed by atoms with Crippen molar-refractivity contribution in [1.29, 1.82) is 5.26 Å². The molecule has 2 rings (SSSR count). The van der Waals surface area contributed by atoms with Crippen LogP contribution in [0.3, 0.4) is 0 Å². The fourth-order valence-corrected chi connectivity index (χ4v) is 2.28. The molecule has 0 saturated carbocycles. The third kappa shape index (κ3) is 1.84. The smallest absolute Gasteiger partial charge is 0.185 e. The molecule has 1 aromatic carbocycles. The lowest BCUT2D eigenvalue weighted by Crippen LogP contribution is -1.83. The number of rotatable bonds is 1. The molecule has 0 amide bonds. The number of benzene rings is 1. The topological polar surface area (TPSA) is 36.7 Å². The van der Waals surface area contributed by atoms with Crippen molar-refractivity contribution in [2.24, 2.45) is 0 Å². The minimum atomic E-state index is -0.380. The van der Waals surface area contributed by atoms with E-state index in [9.17, 15) is 4.39 Å². The molecule has 0 atom stereocenters. The maximum absolute atomic E-state index is 13.4. The molecule has 0 fully saturated rings. The van der Waals surface area contributed by atoms with Crippen LogP contribution in [0, 0.1) is 17.1 Å². The predicted octanol–water partition coefficient (Wildman–Crippen LogP) is 3.47. The highest BCUT2D eigenvalue weighted by molar-refractivity contribution is 7.19. The Morgan fingerprint density at radius 1 is 1.40 bits per heavy atom. The lowest BCUT2D eigenvalue weighted by Gasteiger charge is -1.98. The van der Waals surface area contributed by atoms with Crippen LogP contribution in [-0.4, -0.2) is 4.98 Å². The van der Waals surface area contributed by atoms with Crippen LogP contribution in [0.25, 0.3) is 10.4 Å². The zero-order valence-corrected chi connectivity index (χ0v) is 8.94. The molecule has 0 N–H and O–H groups in total. The van der Waals surface area contributed by atoms with Crippen LogP contribution in [-0.2, 0) is 0 Å². The van der Waals surface area contributed by atoms with Gasteiger partial charge in [0.25, 0.3) is 0 Å². The molecule has 1 heterocycles. The summed E-state index contributed by atoms with van der Waals surface area (Å²) < 4.78 is 13.7. The minimum Gasteiger partial charge on any atom is -0.213 e. The third-order valence-corrected chi connectivity index (χ3v) is 3.02. The summed E-state index contributed by atoms with van der Waals surface area (Å²) in [5, 5.41) is 8.80. The minimum absolute atomic E-state index is 0.162. The molecule has 2 nitrogen and oxygen atoms in total. The molecule has 0 saturated heterocycles. The fraction of sp³-hybridized carbons (Fsp3) is 0. The molecule has 15 heavy (non-hydrogen) atoms. The van der Waals surface area contributed by atoms with Crippen LogP contribution in [0.5, 0.6) is 0 Å². The van der Waals surface area contributed by atoms with Gasteiger partial charge in [-0.1, -0.05) is 29.8 Å². The molecule has 74 valence electrons. The van der Waals surface area contributed by atoms with Crippen LogP contribution in [0.4, 0.5) is 4.39 Å². The van der Waals surface area contributed by atoms with Crippen LogP contribution < -0.4 is 0 Å². The Morgan fingerprint density at radius 3 is 2.80 bits per heavy atom. The van der Waals surface area contributed by atoms with Crippen molar-refractivity contribution in [1.82, 2.24) is 4.98 Å². The molecule has 1 aromatic heterocycles. The van der Waals surface area contributed by atoms with Gasteiger partial charge in [0, 0.05) is 5.56 Å². The van der Waals surface area contributed by atoms with Gasteiger partial charge >= 0.3 is 0 Å². The first-order chi connectivity index (χ1) is 7.22. The average molecular weight is 239 g/mol. The highest BCUT2D eigenvalue weighted by atomic mass is 35.5. The van der Waals surface area contributed by atoms with E-state index in [1.165, 1.54) is 6.07 Å². The Bertz CT molecular complexity index is 545. The van der Waals surface area contributed by atoms with Gasteiger partial charge in [0.2, 0.25) is 0 Å². The van der Waals surface area contributed by atoms with Gasteiger partial charge in [-0.2, -0.15) is 5.26 Å². The lowest BCUT2D eigenvalue weighted by molar-refractivity contribution is 0.631. The van der Waals surface area contributed by atoms with E-state index >= 15 is 0 Å². The van der Waals surface area contributed by atoms with E-state index in [-0.39, 0.29) is 16.0 Å². The van der Waals surface area contributed by atoms with Crippen LogP contribution in [0.1, 0.15) is 5.69 Å². The molecular formula is C10H4ClFN2S. The van der Waals surface area contributed by atoms with Crippen molar-refractivity contribution in [3.8, 4) is 16.5 Å². The SMILES string of the molecule is N#Cc1nc(Cl)sc1-c1ccccc1F. The van der Waals surface area contributed by atoms with Crippen LogP contribution in [0.2, 0.25) is 4.47 Å². The second kappa shape index (κ2) is 3.97. The fourth-order valence-electron chi connectivity index (χ4n) is 1.20. The van der Waals surface area contributed by atoms with E-state index in [2.05, 4.69) is 4.98 Å². The zero-order valence-electron chi connectivity index (χ0n) is 7.37. The van der Waals surface area contributed by atoms with Crippen molar-refractivity contribution in [3.63, 3.8) is 0 Å². The molecule has 0 aliphatic rings. The normalized spacial score (nSPS) is 9.93. The maximum Gasteiger partial charge on any atom is 0.185 e. The van der Waals surface area contributed by atoms with Gasteiger partial charge < -0.3 is 0 Å². The summed E-state index contributed by atoms with van der Waals surface area (Å²) >= 11 is 6.78. The van der Waals surface area contributed by atoms with E-state index in [0.717, 1.165) is 11.3 Å². The first-order valence-corrected chi connectivity index (χ1v) is 5.23. The monoisotopic (exact) mass is 238 g/mol. The summed E-state index contributed by atoms with van der Waals surface area (Å²) in [6.07, 6.45) is 0. The standard InChI is InChI=1S/C10H4ClFN2S/c11-10-14-8(5-13)9(15-10)6-3-1-2-4-7(6)12/h1-4H. The Morgan fingerprint density at radius 2 is 2.13 bits per heavy atom. The average Bonchev–Trinajstić information content (AvgIpc) is 2.60. The molecule has 0 radical (unpaired) electrons. The first kappa shape index (κ1) is 10.1. The highest BCUT2D eigenvalue weighted by Crippen LogP contribution is 2.33. The van der Waals surface area contributed by atoms with Crippen molar-refractivity contribution in [2.45, 2.75) is 0 Å². The van der Waals surface area contributed by atoms with Gasteiger partial charge in [-0.25, -0.2) is 9.37 Å². The number of halogens is 2. The predicted molar refractivity (Wildman–Crippen MR) is 57.2 cm³/mol. The quantitative estimate of drug-likeness (QED) is 0.763. The van der Waals surface area contributed by atoms with Gasteiger partial charge in [0.15, 0.2) is 10.2 Å². The van der Waals surface area contributed by atoms with Crippen molar-refractivity contribution in [2.75, 3.05) is 0 Å². The molecular weight excluding hydrogens is 235 g/mol. The Kier molecular flexibility index (Phi) is 2.67. The zero-order chi connectivity index (χ0) is 10.8. The number of nitrogens with zero attached hydrogens (tertiary/aromatic N) is 2. The molecule has 0 aliphatic carbocycles. The van der Waals surface area contributed by atoms with Gasteiger partial charge in [-0.05, 0) is 6.07 Å². The van der Waals surface area contributed by atoms with Gasteiger partial charge in [-0.15, -0.1) is 11.3 Å². The Hall–Kier alpha value is -1.44. The first-order valence-electron chi connectivity index (χ1n) is 4.03. The van der Waals surface area contributed by atoms with Gasteiger partial charge in [0.05, 0.1) is 4.88 Å². The molecule has 0 unspecified atom stereocenters. The maximum atomic E-state index is 13.4. The number of nitriles is 1. The Balaban J connectivity index is 2.65. The summed E-state index contributed by atoms with van der Waals surface area (Å²) in [4.78, 5) is 4.28. The number of hydrogen-bond donors (Lipinski definition) is 0. The van der Waals surface area contributed by atoms with E-state index in [4.69, 9.17) is 16.9 Å². The van der Waals surface area contributed by atoms with E-state index < -0.39 is 0 Å². The summed E-state index contributed by atoms with van der Waals surface area (Å²) in [5.74, 6) is -0.380. The van der Waals surface area contributed by atoms with E-state index in [1.54, 1.807) is 18.2 Å². The summed E-state index contributed by atoms with van der Waals surface area (Å²) in [5.41, 5.74) is 0.522. The van der Waals surface area contributed by atoms with Gasteiger partial charge in [0.1, 0.15) is 11.9 Å². The number of aromatic nitrogens is 1. The van der Waals surface area contributed by atoms with Crippen molar-refractivity contribution in [3.05, 3.63) is 40.2 Å². The van der Waals surface area contributed by atoms with Crippen LogP contribution in [0.15, 0.2) is 24.3 Å².